The molecule has 5 heteroatoms. The van der Waals surface area contributed by atoms with Crippen LogP contribution in [0.15, 0.2) is 0 Å². The van der Waals surface area contributed by atoms with Gasteiger partial charge in [-0.15, -0.1) is 0 Å². The SMILES string of the molecule is OCC(CO)(CO)C(CO)(CO)CC1CCCCC1. The van der Waals surface area contributed by atoms with Crippen LogP contribution in [0.1, 0.15) is 38.5 Å². The Bertz CT molecular complexity index is 234. The molecule has 1 fully saturated rings. The molecule has 0 unspecified atom stereocenters. The summed E-state index contributed by atoms with van der Waals surface area (Å²) in [5.41, 5.74) is -2.28. The zero-order valence-electron chi connectivity index (χ0n) is 11.6. The molecule has 0 amide bonds. The van der Waals surface area contributed by atoms with E-state index in [-0.39, 0.29) is 13.2 Å². The summed E-state index contributed by atoms with van der Waals surface area (Å²) in [6.45, 7) is -2.04. The van der Waals surface area contributed by atoms with Crippen molar-refractivity contribution in [1.82, 2.24) is 0 Å². The summed E-state index contributed by atoms with van der Waals surface area (Å²) in [5, 5.41) is 48.2. The monoisotopic (exact) mass is 276 g/mol. The molecule has 1 aliphatic carbocycles. The quantitative estimate of drug-likeness (QED) is 0.426. The minimum atomic E-state index is -1.24. The van der Waals surface area contributed by atoms with Crippen LogP contribution in [0.4, 0.5) is 0 Å². The molecular weight excluding hydrogens is 248 g/mol. The summed E-state index contributed by atoms with van der Waals surface area (Å²) >= 11 is 0. The summed E-state index contributed by atoms with van der Waals surface area (Å²) < 4.78 is 0. The van der Waals surface area contributed by atoms with E-state index in [9.17, 15) is 25.5 Å². The molecule has 0 aliphatic heterocycles. The maximum absolute atomic E-state index is 9.74. The van der Waals surface area contributed by atoms with Crippen molar-refractivity contribution in [2.45, 2.75) is 38.5 Å². The normalized spacial score (nSPS) is 18.8. The van der Waals surface area contributed by atoms with Crippen LogP contribution in [0.3, 0.4) is 0 Å². The van der Waals surface area contributed by atoms with Crippen LogP contribution in [-0.2, 0) is 0 Å². The molecule has 114 valence electrons. The average molecular weight is 276 g/mol. The molecule has 0 aromatic rings. The fourth-order valence-corrected chi connectivity index (χ4v) is 3.33. The Hall–Kier alpha value is -0.200. The molecule has 0 saturated heterocycles. The molecule has 0 radical (unpaired) electrons. The van der Waals surface area contributed by atoms with Gasteiger partial charge in [0.05, 0.1) is 33.0 Å². The van der Waals surface area contributed by atoms with E-state index >= 15 is 0 Å². The van der Waals surface area contributed by atoms with Crippen LogP contribution < -0.4 is 0 Å². The zero-order chi connectivity index (χ0) is 14.4. The Balaban J connectivity index is 2.93. The lowest BCUT2D eigenvalue weighted by atomic mass is 9.60. The fraction of sp³-hybridized carbons (Fsp3) is 1.00. The van der Waals surface area contributed by atoms with Gasteiger partial charge >= 0.3 is 0 Å². The van der Waals surface area contributed by atoms with E-state index in [0.717, 1.165) is 25.7 Å². The fourth-order valence-electron chi connectivity index (χ4n) is 3.33. The van der Waals surface area contributed by atoms with E-state index in [2.05, 4.69) is 0 Å². The maximum Gasteiger partial charge on any atom is 0.0538 e. The van der Waals surface area contributed by atoms with Crippen molar-refractivity contribution >= 4 is 0 Å². The molecule has 0 spiro atoms. The molecule has 19 heavy (non-hydrogen) atoms. The molecule has 1 aliphatic rings. The van der Waals surface area contributed by atoms with E-state index in [1.165, 1.54) is 6.42 Å². The third-order valence-electron chi connectivity index (χ3n) is 5.04. The molecule has 1 rings (SSSR count). The van der Waals surface area contributed by atoms with Crippen LogP contribution in [0.2, 0.25) is 0 Å². The number of rotatable bonds is 8. The summed E-state index contributed by atoms with van der Waals surface area (Å²) in [5.74, 6) is 0.372. The first-order chi connectivity index (χ1) is 9.13. The van der Waals surface area contributed by atoms with E-state index < -0.39 is 30.7 Å². The van der Waals surface area contributed by atoms with Gasteiger partial charge in [-0.3, -0.25) is 0 Å². The van der Waals surface area contributed by atoms with Gasteiger partial charge in [-0.25, -0.2) is 0 Å². The molecule has 5 nitrogen and oxygen atoms in total. The van der Waals surface area contributed by atoms with Crippen molar-refractivity contribution < 1.29 is 25.5 Å². The molecule has 0 bridgehead atoms. The standard InChI is InChI=1S/C14H28O5/c15-7-13(8-16,14(9-17,10-18)11-19)6-12-4-2-1-3-5-12/h12,15-19H,1-11H2. The van der Waals surface area contributed by atoms with Crippen LogP contribution >= 0.6 is 0 Å². The van der Waals surface area contributed by atoms with Gasteiger partial charge in [-0.1, -0.05) is 32.1 Å². The lowest BCUT2D eigenvalue weighted by Gasteiger charge is -2.48. The second-order valence-electron chi connectivity index (χ2n) is 6.06. The lowest BCUT2D eigenvalue weighted by Crippen LogP contribution is -2.55. The zero-order valence-corrected chi connectivity index (χ0v) is 11.6. The molecule has 1 saturated carbocycles. The first kappa shape index (κ1) is 16.9. The van der Waals surface area contributed by atoms with Crippen LogP contribution in [0.25, 0.3) is 0 Å². The topological polar surface area (TPSA) is 101 Å². The average Bonchev–Trinajstić information content (AvgIpc) is 2.49. The molecule has 5 N–H and O–H groups in total. The second kappa shape index (κ2) is 7.55. The van der Waals surface area contributed by atoms with Gasteiger partial charge in [0.1, 0.15) is 0 Å². The highest BCUT2D eigenvalue weighted by Crippen LogP contribution is 2.45. The maximum atomic E-state index is 9.74. The summed E-state index contributed by atoms with van der Waals surface area (Å²) in [6, 6.07) is 0. The van der Waals surface area contributed by atoms with Crippen LogP contribution in [0.5, 0.6) is 0 Å². The summed E-state index contributed by atoms with van der Waals surface area (Å²) in [4.78, 5) is 0. The smallest absolute Gasteiger partial charge is 0.0538 e. The summed E-state index contributed by atoms with van der Waals surface area (Å²) in [6.07, 6.45) is 6.11. The first-order valence-electron chi connectivity index (χ1n) is 7.18. The number of aliphatic hydroxyl groups excluding tert-OH is 5. The minimum Gasteiger partial charge on any atom is -0.396 e. The van der Waals surface area contributed by atoms with E-state index in [4.69, 9.17) is 0 Å². The Morgan fingerprint density at radius 1 is 0.632 bits per heavy atom. The van der Waals surface area contributed by atoms with Crippen molar-refractivity contribution in [1.29, 1.82) is 0 Å². The number of aliphatic hydroxyl groups is 5. The highest BCUT2D eigenvalue weighted by molar-refractivity contribution is 4.98. The van der Waals surface area contributed by atoms with E-state index in [0.29, 0.717) is 12.3 Å². The largest absolute Gasteiger partial charge is 0.396 e. The molecule has 0 aromatic carbocycles. The van der Waals surface area contributed by atoms with E-state index in [1.54, 1.807) is 0 Å². The third-order valence-corrected chi connectivity index (χ3v) is 5.04. The highest BCUT2D eigenvalue weighted by Gasteiger charge is 2.51. The van der Waals surface area contributed by atoms with Crippen molar-refractivity contribution in [3.8, 4) is 0 Å². The van der Waals surface area contributed by atoms with Gasteiger partial charge in [0, 0.05) is 10.8 Å². The predicted molar refractivity (Wildman–Crippen MR) is 71.5 cm³/mol. The molecule has 0 aromatic heterocycles. The van der Waals surface area contributed by atoms with Crippen molar-refractivity contribution in [3.63, 3.8) is 0 Å². The number of hydrogen-bond acceptors (Lipinski definition) is 5. The molecular formula is C14H28O5. The second-order valence-corrected chi connectivity index (χ2v) is 6.06. The van der Waals surface area contributed by atoms with Gasteiger partial charge < -0.3 is 25.5 Å². The van der Waals surface area contributed by atoms with Gasteiger partial charge in [-0.2, -0.15) is 0 Å². The van der Waals surface area contributed by atoms with Crippen LogP contribution in [-0.4, -0.2) is 58.6 Å². The third kappa shape index (κ3) is 3.28. The lowest BCUT2D eigenvalue weighted by molar-refractivity contribution is -0.147. The summed E-state index contributed by atoms with van der Waals surface area (Å²) in [7, 11) is 0. The van der Waals surface area contributed by atoms with Gasteiger partial charge in [0.25, 0.3) is 0 Å². The van der Waals surface area contributed by atoms with Crippen LogP contribution in [0, 0.1) is 16.7 Å². The van der Waals surface area contributed by atoms with Gasteiger partial charge in [0.15, 0.2) is 0 Å². The van der Waals surface area contributed by atoms with Gasteiger partial charge in [0.2, 0.25) is 0 Å². The number of hydrogen-bond donors (Lipinski definition) is 5. The molecule has 0 heterocycles. The van der Waals surface area contributed by atoms with Gasteiger partial charge in [-0.05, 0) is 12.3 Å². The first-order valence-corrected chi connectivity index (χ1v) is 7.18. The predicted octanol–water partition coefficient (Wildman–Crippen LogP) is -0.109. The Morgan fingerprint density at radius 2 is 1.05 bits per heavy atom. The highest BCUT2D eigenvalue weighted by atomic mass is 16.3. The van der Waals surface area contributed by atoms with Crippen molar-refractivity contribution in [3.05, 3.63) is 0 Å². The Labute approximate surface area is 114 Å². The van der Waals surface area contributed by atoms with Crippen molar-refractivity contribution in [2.75, 3.05) is 33.0 Å². The van der Waals surface area contributed by atoms with Crippen molar-refractivity contribution in [2.24, 2.45) is 16.7 Å². The minimum absolute atomic E-state index is 0.346. The molecule has 0 atom stereocenters. The Kier molecular flexibility index (Phi) is 6.69. The Morgan fingerprint density at radius 3 is 1.42 bits per heavy atom. The van der Waals surface area contributed by atoms with E-state index in [1.807, 2.05) is 0 Å².